The molecule has 3 heterocycles. The van der Waals surface area contributed by atoms with E-state index in [4.69, 9.17) is 0 Å². The van der Waals surface area contributed by atoms with Crippen LogP contribution in [0.2, 0.25) is 0 Å². The van der Waals surface area contributed by atoms with Crippen molar-refractivity contribution in [1.82, 2.24) is 20.9 Å². The fourth-order valence-corrected chi connectivity index (χ4v) is 5.90. The van der Waals surface area contributed by atoms with Crippen molar-refractivity contribution < 1.29 is 41.1 Å². The SMILES string of the molecule is N#CC(CC1CCCNC1=O)NC(=O)C1C2CCC(CC2(F)F)N1C(=O)C(CC1CC1)NC(=O)C(F)(F)F. The predicted octanol–water partition coefficient (Wildman–Crippen LogP) is 1.77. The van der Waals surface area contributed by atoms with E-state index in [-0.39, 0.29) is 37.5 Å². The number of piperidine rings is 3. The van der Waals surface area contributed by atoms with Crippen LogP contribution in [0.3, 0.4) is 0 Å². The van der Waals surface area contributed by atoms with Crippen LogP contribution in [0.4, 0.5) is 22.0 Å². The van der Waals surface area contributed by atoms with Gasteiger partial charge in [-0.1, -0.05) is 12.8 Å². The minimum atomic E-state index is -5.25. The summed E-state index contributed by atoms with van der Waals surface area (Å²) in [5, 5.41) is 16.4. The summed E-state index contributed by atoms with van der Waals surface area (Å²) in [7, 11) is 0. The van der Waals surface area contributed by atoms with Gasteiger partial charge in [0.05, 0.1) is 12.0 Å². The van der Waals surface area contributed by atoms with E-state index in [1.807, 2.05) is 6.07 Å². The summed E-state index contributed by atoms with van der Waals surface area (Å²) in [5.74, 6) is -10.2. The Morgan fingerprint density at radius 3 is 2.39 bits per heavy atom. The average molecular weight is 548 g/mol. The molecule has 3 aliphatic heterocycles. The van der Waals surface area contributed by atoms with E-state index >= 15 is 0 Å². The number of hydrogen-bond donors (Lipinski definition) is 3. The highest BCUT2D eigenvalue weighted by Crippen LogP contribution is 2.49. The number of carbonyl (C=O) groups excluding carboxylic acids is 4. The van der Waals surface area contributed by atoms with Gasteiger partial charge < -0.3 is 20.9 Å². The third-order valence-corrected chi connectivity index (χ3v) is 7.98. The molecule has 6 unspecified atom stereocenters. The molecule has 6 atom stereocenters. The van der Waals surface area contributed by atoms with Gasteiger partial charge in [-0.2, -0.15) is 18.4 Å². The Kier molecular flexibility index (Phi) is 7.86. The number of fused-ring (bicyclic) bond motifs is 3. The first-order valence-electron chi connectivity index (χ1n) is 12.9. The molecular formula is C24H30F5N5O4. The zero-order valence-electron chi connectivity index (χ0n) is 20.5. The van der Waals surface area contributed by atoms with Crippen LogP contribution >= 0.6 is 0 Å². The molecule has 0 aromatic rings. The van der Waals surface area contributed by atoms with Gasteiger partial charge in [-0.15, -0.1) is 0 Å². The molecule has 210 valence electrons. The van der Waals surface area contributed by atoms with Gasteiger partial charge in [-0.3, -0.25) is 19.2 Å². The number of alkyl halides is 5. The van der Waals surface area contributed by atoms with Crippen molar-refractivity contribution in [2.24, 2.45) is 17.8 Å². The molecule has 5 aliphatic rings. The topological polar surface area (TPSA) is 131 Å². The molecule has 3 saturated heterocycles. The van der Waals surface area contributed by atoms with Crippen LogP contribution in [0.5, 0.6) is 0 Å². The van der Waals surface area contributed by atoms with Crippen LogP contribution in [-0.2, 0) is 19.2 Å². The van der Waals surface area contributed by atoms with E-state index in [9.17, 15) is 46.4 Å². The molecule has 3 N–H and O–H groups in total. The van der Waals surface area contributed by atoms with E-state index in [0.717, 1.165) is 4.90 Å². The quantitative estimate of drug-likeness (QED) is 0.399. The van der Waals surface area contributed by atoms with Gasteiger partial charge in [0.25, 0.3) is 5.92 Å². The van der Waals surface area contributed by atoms with Crippen LogP contribution in [0.1, 0.15) is 57.8 Å². The first-order valence-corrected chi connectivity index (χ1v) is 12.9. The normalized spacial score (nSPS) is 30.0. The average Bonchev–Trinajstić information content (AvgIpc) is 3.66. The lowest BCUT2D eigenvalue weighted by Crippen LogP contribution is -2.71. The summed E-state index contributed by atoms with van der Waals surface area (Å²) in [6.07, 6.45) is -3.65. The molecule has 4 amide bonds. The van der Waals surface area contributed by atoms with Crippen LogP contribution in [0, 0.1) is 29.1 Å². The highest BCUT2D eigenvalue weighted by atomic mass is 19.4. The number of nitrogens with zero attached hydrogens (tertiary/aromatic N) is 2. The van der Waals surface area contributed by atoms with Gasteiger partial charge in [-0.25, -0.2) is 8.78 Å². The first-order chi connectivity index (χ1) is 17.8. The van der Waals surface area contributed by atoms with Crippen molar-refractivity contribution >= 4 is 23.6 Å². The second kappa shape index (κ2) is 10.6. The van der Waals surface area contributed by atoms with Gasteiger partial charge >= 0.3 is 12.1 Å². The highest BCUT2D eigenvalue weighted by molar-refractivity contribution is 5.94. The van der Waals surface area contributed by atoms with E-state index in [1.54, 1.807) is 5.32 Å². The molecule has 2 bridgehead atoms. The number of amides is 4. The fourth-order valence-electron chi connectivity index (χ4n) is 5.90. The molecule has 9 nitrogen and oxygen atoms in total. The summed E-state index contributed by atoms with van der Waals surface area (Å²) in [4.78, 5) is 51.6. The number of carbonyl (C=O) groups is 4. The van der Waals surface area contributed by atoms with Gasteiger partial charge in [0.15, 0.2) is 0 Å². The molecule has 0 spiro atoms. The molecule has 5 rings (SSSR count). The molecule has 2 aliphatic carbocycles. The van der Waals surface area contributed by atoms with E-state index < -0.39 is 72.2 Å². The zero-order valence-corrected chi connectivity index (χ0v) is 20.5. The van der Waals surface area contributed by atoms with Gasteiger partial charge in [-0.05, 0) is 44.4 Å². The Morgan fingerprint density at radius 2 is 1.82 bits per heavy atom. The second-order valence-electron chi connectivity index (χ2n) is 10.8. The van der Waals surface area contributed by atoms with Gasteiger partial charge in [0, 0.05) is 24.9 Å². The van der Waals surface area contributed by atoms with Crippen LogP contribution in [0.15, 0.2) is 0 Å². The molecular weight excluding hydrogens is 517 g/mol. The summed E-state index contributed by atoms with van der Waals surface area (Å²) >= 11 is 0. The summed E-state index contributed by atoms with van der Waals surface area (Å²) < 4.78 is 68.8. The molecule has 0 aromatic heterocycles. The number of halogens is 5. The smallest absolute Gasteiger partial charge is 0.356 e. The number of nitrogens with one attached hydrogen (secondary N) is 3. The van der Waals surface area contributed by atoms with Crippen molar-refractivity contribution in [3.05, 3.63) is 0 Å². The van der Waals surface area contributed by atoms with E-state index in [2.05, 4.69) is 10.6 Å². The molecule has 2 saturated carbocycles. The number of hydrogen-bond acceptors (Lipinski definition) is 5. The minimum absolute atomic E-state index is 0.0504. The third kappa shape index (κ3) is 6.02. The maximum absolute atomic E-state index is 14.9. The molecule has 0 radical (unpaired) electrons. The lowest BCUT2D eigenvalue weighted by atomic mass is 9.71. The van der Waals surface area contributed by atoms with Crippen LogP contribution < -0.4 is 16.0 Å². The van der Waals surface area contributed by atoms with Crippen molar-refractivity contribution in [2.75, 3.05) is 6.54 Å². The minimum Gasteiger partial charge on any atom is -0.356 e. The lowest BCUT2D eigenvalue weighted by Gasteiger charge is -2.54. The Bertz CT molecular complexity index is 1010. The predicted molar refractivity (Wildman–Crippen MR) is 120 cm³/mol. The monoisotopic (exact) mass is 547 g/mol. The number of rotatable bonds is 8. The summed E-state index contributed by atoms with van der Waals surface area (Å²) in [6, 6.07) is -3.81. The molecule has 5 fully saturated rings. The van der Waals surface area contributed by atoms with Crippen molar-refractivity contribution in [3.63, 3.8) is 0 Å². The van der Waals surface area contributed by atoms with E-state index in [0.29, 0.717) is 32.2 Å². The molecule has 0 aromatic carbocycles. The summed E-state index contributed by atoms with van der Waals surface area (Å²) in [6.45, 7) is 0.489. The van der Waals surface area contributed by atoms with Crippen molar-refractivity contribution in [1.29, 1.82) is 5.26 Å². The van der Waals surface area contributed by atoms with Crippen molar-refractivity contribution in [3.8, 4) is 6.07 Å². The molecule has 38 heavy (non-hydrogen) atoms. The first kappa shape index (κ1) is 28.0. The van der Waals surface area contributed by atoms with Gasteiger partial charge in [0.1, 0.15) is 18.1 Å². The largest absolute Gasteiger partial charge is 0.471 e. The highest BCUT2D eigenvalue weighted by Gasteiger charge is 2.61. The van der Waals surface area contributed by atoms with Gasteiger partial charge in [0.2, 0.25) is 17.7 Å². The molecule has 14 heteroatoms. The maximum Gasteiger partial charge on any atom is 0.471 e. The summed E-state index contributed by atoms with van der Waals surface area (Å²) in [5.41, 5.74) is 0. The Hall–Kier alpha value is -2.98. The van der Waals surface area contributed by atoms with Crippen LogP contribution in [-0.4, -0.2) is 71.3 Å². The Balaban J connectivity index is 1.56. The Labute approximate surface area is 215 Å². The standard InChI is InChI=1S/C24H30F5N5O4/c25-23(26)10-15-5-6-16(23)18(20(36)32-14(11-30)9-13-2-1-7-31-19(13)35)34(15)21(37)17(8-12-3-4-12)33-22(38)24(27,28)29/h12-18H,1-10H2,(H,31,35)(H,32,36)(H,33,38). The lowest BCUT2D eigenvalue weighted by molar-refractivity contribution is -0.196. The second-order valence-corrected chi connectivity index (χ2v) is 10.8. The zero-order chi connectivity index (χ0) is 27.8. The third-order valence-electron chi connectivity index (χ3n) is 7.98. The fraction of sp³-hybridized carbons (Fsp3) is 0.792. The Morgan fingerprint density at radius 1 is 1.11 bits per heavy atom. The van der Waals surface area contributed by atoms with Crippen LogP contribution in [0.25, 0.3) is 0 Å². The number of nitriles is 1. The van der Waals surface area contributed by atoms with E-state index in [1.165, 1.54) is 0 Å². The maximum atomic E-state index is 14.9. The van der Waals surface area contributed by atoms with Crippen molar-refractivity contribution in [2.45, 2.75) is 94.1 Å².